The Hall–Kier alpha value is -2.00. The summed E-state index contributed by atoms with van der Waals surface area (Å²) in [4.78, 5) is 35.6. The lowest BCUT2D eigenvalue weighted by Gasteiger charge is -2.27. The maximum Gasteiger partial charge on any atom is 0.319 e. The van der Waals surface area contributed by atoms with Crippen LogP contribution in [0, 0.1) is 11.7 Å². The highest BCUT2D eigenvalue weighted by molar-refractivity contribution is 9.10. The number of halogens is 2. The molecule has 4 N–H and O–H groups in total. The standard InChI is InChI=1S/C17H23BrFN3O4/c1-10(2)6-14(15(25)22-17(3,8-23)9-24)21-16(26)20-13-5-4-11(18)7-12(13)19/h4-5,7-8,10,14,24H,6,9H2,1-3H3,(H,22,25)(H2,20,21,26). The zero-order valence-corrected chi connectivity index (χ0v) is 16.4. The summed E-state index contributed by atoms with van der Waals surface area (Å²) in [6.07, 6.45) is 0.719. The summed E-state index contributed by atoms with van der Waals surface area (Å²) in [7, 11) is 0. The van der Waals surface area contributed by atoms with E-state index in [2.05, 4.69) is 31.9 Å². The van der Waals surface area contributed by atoms with Crippen LogP contribution in [0.5, 0.6) is 0 Å². The van der Waals surface area contributed by atoms with Crippen molar-refractivity contribution in [2.75, 3.05) is 11.9 Å². The van der Waals surface area contributed by atoms with Crippen LogP contribution in [0.25, 0.3) is 0 Å². The Balaban J connectivity index is 2.84. The van der Waals surface area contributed by atoms with Crippen molar-refractivity contribution in [3.63, 3.8) is 0 Å². The zero-order valence-electron chi connectivity index (χ0n) is 14.8. The van der Waals surface area contributed by atoms with Crippen molar-refractivity contribution in [3.8, 4) is 0 Å². The van der Waals surface area contributed by atoms with Crippen LogP contribution in [-0.2, 0) is 9.59 Å². The van der Waals surface area contributed by atoms with Crippen molar-refractivity contribution in [3.05, 3.63) is 28.5 Å². The summed E-state index contributed by atoms with van der Waals surface area (Å²) in [6, 6.07) is 2.42. The fourth-order valence-electron chi connectivity index (χ4n) is 2.09. The minimum atomic E-state index is -1.44. The molecule has 0 bridgehead atoms. The quantitative estimate of drug-likeness (QED) is 0.473. The van der Waals surface area contributed by atoms with Crippen molar-refractivity contribution in [2.24, 2.45) is 5.92 Å². The van der Waals surface area contributed by atoms with Crippen molar-refractivity contribution in [1.82, 2.24) is 10.6 Å². The summed E-state index contributed by atoms with van der Waals surface area (Å²) < 4.78 is 14.3. The van der Waals surface area contributed by atoms with E-state index in [9.17, 15) is 23.9 Å². The molecule has 2 unspecified atom stereocenters. The van der Waals surface area contributed by atoms with Gasteiger partial charge in [-0.15, -0.1) is 0 Å². The summed E-state index contributed by atoms with van der Waals surface area (Å²) in [6.45, 7) is 4.51. The molecule has 26 heavy (non-hydrogen) atoms. The Morgan fingerprint density at radius 2 is 2.04 bits per heavy atom. The predicted octanol–water partition coefficient (Wildman–Crippen LogP) is 2.19. The fourth-order valence-corrected chi connectivity index (χ4v) is 2.42. The number of carbonyl (C=O) groups is 3. The highest BCUT2D eigenvalue weighted by Gasteiger charge is 2.30. The van der Waals surface area contributed by atoms with Crippen molar-refractivity contribution in [2.45, 2.75) is 38.8 Å². The first-order chi connectivity index (χ1) is 12.1. The van der Waals surface area contributed by atoms with Gasteiger partial charge in [0.05, 0.1) is 12.3 Å². The van der Waals surface area contributed by atoms with Gasteiger partial charge < -0.3 is 25.9 Å². The van der Waals surface area contributed by atoms with E-state index < -0.39 is 35.9 Å². The molecule has 0 saturated heterocycles. The van der Waals surface area contributed by atoms with Crippen LogP contribution in [0.15, 0.2) is 22.7 Å². The smallest absolute Gasteiger partial charge is 0.319 e. The van der Waals surface area contributed by atoms with Crippen LogP contribution in [0.4, 0.5) is 14.9 Å². The molecule has 0 aliphatic rings. The largest absolute Gasteiger partial charge is 0.393 e. The van der Waals surface area contributed by atoms with E-state index in [0.717, 1.165) is 0 Å². The van der Waals surface area contributed by atoms with E-state index >= 15 is 0 Å². The number of anilines is 1. The van der Waals surface area contributed by atoms with E-state index in [1.165, 1.54) is 19.1 Å². The van der Waals surface area contributed by atoms with Gasteiger partial charge in [-0.05, 0) is 37.5 Å². The number of aliphatic hydroxyl groups excluding tert-OH is 1. The molecule has 7 nitrogen and oxygen atoms in total. The minimum Gasteiger partial charge on any atom is -0.393 e. The van der Waals surface area contributed by atoms with Gasteiger partial charge in [-0.2, -0.15) is 0 Å². The molecule has 144 valence electrons. The molecule has 1 aromatic carbocycles. The molecule has 0 heterocycles. The number of benzene rings is 1. The van der Waals surface area contributed by atoms with Crippen molar-refractivity contribution < 1.29 is 23.9 Å². The molecule has 2 atom stereocenters. The van der Waals surface area contributed by atoms with Crippen LogP contribution in [0.1, 0.15) is 27.2 Å². The number of carbonyl (C=O) groups excluding carboxylic acids is 3. The number of aldehydes is 1. The third kappa shape index (κ3) is 6.72. The lowest BCUT2D eigenvalue weighted by atomic mass is 10.0. The van der Waals surface area contributed by atoms with E-state index in [-0.39, 0.29) is 11.6 Å². The average Bonchev–Trinajstić information content (AvgIpc) is 2.56. The number of amides is 3. The highest BCUT2D eigenvalue weighted by Crippen LogP contribution is 2.19. The van der Waals surface area contributed by atoms with Crippen LogP contribution in [-0.4, -0.2) is 41.5 Å². The summed E-state index contributed by atoms with van der Waals surface area (Å²) in [5.41, 5.74) is -1.48. The molecule has 1 rings (SSSR count). The number of urea groups is 1. The monoisotopic (exact) mass is 431 g/mol. The molecule has 9 heteroatoms. The third-order valence-electron chi connectivity index (χ3n) is 3.51. The zero-order chi connectivity index (χ0) is 19.9. The van der Waals surface area contributed by atoms with Crippen LogP contribution in [0.3, 0.4) is 0 Å². The van der Waals surface area contributed by atoms with Gasteiger partial charge in [-0.25, -0.2) is 9.18 Å². The van der Waals surface area contributed by atoms with E-state index in [4.69, 9.17) is 0 Å². The first kappa shape index (κ1) is 22.0. The molecule has 0 aromatic heterocycles. The highest BCUT2D eigenvalue weighted by atomic mass is 79.9. The van der Waals surface area contributed by atoms with Crippen molar-refractivity contribution >= 4 is 39.8 Å². The van der Waals surface area contributed by atoms with Crippen molar-refractivity contribution in [1.29, 1.82) is 0 Å². The van der Waals surface area contributed by atoms with E-state index in [1.807, 2.05) is 13.8 Å². The molecule has 0 saturated carbocycles. The van der Waals surface area contributed by atoms with Gasteiger partial charge in [0.15, 0.2) is 0 Å². The Morgan fingerprint density at radius 3 is 2.54 bits per heavy atom. The third-order valence-corrected chi connectivity index (χ3v) is 4.00. The van der Waals surface area contributed by atoms with Crippen LogP contribution >= 0.6 is 15.9 Å². The molecule has 0 fully saturated rings. The first-order valence-corrected chi connectivity index (χ1v) is 8.81. The number of hydrogen-bond acceptors (Lipinski definition) is 4. The van der Waals surface area contributed by atoms with E-state index in [1.54, 1.807) is 6.07 Å². The van der Waals surface area contributed by atoms with Crippen LogP contribution in [0.2, 0.25) is 0 Å². The second kappa shape index (κ2) is 9.63. The number of nitrogens with one attached hydrogen (secondary N) is 3. The molecular formula is C17H23BrFN3O4. The second-order valence-electron chi connectivity index (χ2n) is 6.59. The SMILES string of the molecule is CC(C)CC(NC(=O)Nc1ccc(Br)cc1F)C(=O)NC(C)(C=O)CO. The molecule has 0 radical (unpaired) electrons. The Morgan fingerprint density at radius 1 is 1.38 bits per heavy atom. The Bertz CT molecular complexity index is 671. The molecule has 0 aliphatic carbocycles. The first-order valence-electron chi connectivity index (χ1n) is 8.02. The van der Waals surface area contributed by atoms with Gasteiger partial charge in [0, 0.05) is 4.47 Å². The Kier molecular flexibility index (Phi) is 8.16. The number of rotatable bonds is 8. The van der Waals surface area contributed by atoms with Gasteiger partial charge >= 0.3 is 6.03 Å². The number of hydrogen-bond donors (Lipinski definition) is 4. The maximum absolute atomic E-state index is 13.8. The Labute approximate surface area is 159 Å². The van der Waals surface area contributed by atoms with Gasteiger partial charge in [0.2, 0.25) is 5.91 Å². The van der Waals surface area contributed by atoms with Gasteiger partial charge in [-0.1, -0.05) is 29.8 Å². The van der Waals surface area contributed by atoms with Gasteiger partial charge in [-0.3, -0.25) is 4.79 Å². The molecule has 3 amide bonds. The van der Waals surface area contributed by atoms with Crippen LogP contribution < -0.4 is 16.0 Å². The predicted molar refractivity (Wildman–Crippen MR) is 99.2 cm³/mol. The number of aliphatic hydroxyl groups is 1. The maximum atomic E-state index is 13.8. The minimum absolute atomic E-state index is 0.0394. The van der Waals surface area contributed by atoms with Gasteiger partial charge in [0.25, 0.3) is 0 Å². The second-order valence-corrected chi connectivity index (χ2v) is 7.50. The fraction of sp³-hybridized carbons (Fsp3) is 0.471. The molecule has 0 spiro atoms. The average molecular weight is 432 g/mol. The lowest BCUT2D eigenvalue weighted by Crippen LogP contribution is -2.57. The normalized spacial score (nSPS) is 14.3. The lowest BCUT2D eigenvalue weighted by molar-refractivity contribution is -0.129. The topological polar surface area (TPSA) is 108 Å². The molecule has 1 aromatic rings. The molecule has 0 aliphatic heterocycles. The summed E-state index contributed by atoms with van der Waals surface area (Å²) >= 11 is 3.12. The van der Waals surface area contributed by atoms with Gasteiger partial charge in [0.1, 0.15) is 23.7 Å². The summed E-state index contributed by atoms with van der Waals surface area (Å²) in [5, 5.41) is 16.5. The van der Waals surface area contributed by atoms with E-state index in [0.29, 0.717) is 17.2 Å². The molecular weight excluding hydrogens is 409 g/mol. The summed E-state index contributed by atoms with van der Waals surface area (Å²) in [5.74, 6) is -1.19.